The number of aromatic nitrogens is 1. The molecule has 2 atom stereocenters. The molecule has 0 saturated heterocycles. The predicted molar refractivity (Wildman–Crippen MR) is 89.8 cm³/mol. The predicted octanol–water partition coefficient (Wildman–Crippen LogP) is 2.21. The minimum atomic E-state index is -3.22. The van der Waals surface area contributed by atoms with Gasteiger partial charge in [0.1, 0.15) is 0 Å². The van der Waals surface area contributed by atoms with Gasteiger partial charge in [0.05, 0.1) is 16.7 Å². The molecule has 0 saturated carbocycles. The van der Waals surface area contributed by atoms with Gasteiger partial charge in [-0.25, -0.2) is 8.42 Å². The first-order valence-electron chi connectivity index (χ1n) is 7.38. The lowest BCUT2D eigenvalue weighted by Crippen LogP contribution is -2.28. The van der Waals surface area contributed by atoms with E-state index in [-0.39, 0.29) is 10.9 Å². The van der Waals surface area contributed by atoms with Crippen LogP contribution in [-0.2, 0) is 9.84 Å². The monoisotopic (exact) mass is 334 g/mol. The maximum atomic E-state index is 11.5. The summed E-state index contributed by atoms with van der Waals surface area (Å²) in [6.45, 7) is 2.46. The molecular formula is C17H22N2O3S. The fourth-order valence-electron chi connectivity index (χ4n) is 2.32. The van der Waals surface area contributed by atoms with Crippen LogP contribution in [0.1, 0.15) is 30.3 Å². The van der Waals surface area contributed by atoms with Crippen molar-refractivity contribution in [3.63, 3.8) is 0 Å². The highest BCUT2D eigenvalue weighted by molar-refractivity contribution is 7.90. The zero-order valence-corrected chi connectivity index (χ0v) is 14.4. The van der Waals surface area contributed by atoms with Gasteiger partial charge in [-0.2, -0.15) is 0 Å². The molecular weight excluding hydrogens is 312 g/mol. The molecule has 6 heteroatoms. The number of aliphatic hydroxyl groups excluding tert-OH is 1. The number of nitrogens with zero attached hydrogens (tertiary/aromatic N) is 2. The van der Waals surface area contributed by atoms with Gasteiger partial charge in [-0.15, -0.1) is 0 Å². The number of hydrogen-bond donors (Lipinski definition) is 1. The van der Waals surface area contributed by atoms with Crippen molar-refractivity contribution in [1.82, 2.24) is 9.88 Å². The highest BCUT2D eigenvalue weighted by Crippen LogP contribution is 2.21. The van der Waals surface area contributed by atoms with Crippen LogP contribution in [0.4, 0.5) is 0 Å². The largest absolute Gasteiger partial charge is 0.387 e. The zero-order chi connectivity index (χ0) is 17.0. The highest BCUT2D eigenvalue weighted by atomic mass is 32.2. The van der Waals surface area contributed by atoms with Gasteiger partial charge in [-0.3, -0.25) is 9.88 Å². The third kappa shape index (κ3) is 4.60. The van der Waals surface area contributed by atoms with Gasteiger partial charge >= 0.3 is 0 Å². The van der Waals surface area contributed by atoms with Gasteiger partial charge in [-0.05, 0) is 43.8 Å². The third-order valence-electron chi connectivity index (χ3n) is 3.93. The van der Waals surface area contributed by atoms with Crippen molar-refractivity contribution in [2.45, 2.75) is 24.0 Å². The second-order valence-electron chi connectivity index (χ2n) is 5.73. The number of pyridine rings is 1. The van der Waals surface area contributed by atoms with Crippen molar-refractivity contribution >= 4 is 9.84 Å². The maximum absolute atomic E-state index is 11.5. The lowest BCUT2D eigenvalue weighted by Gasteiger charge is -2.26. The normalized spacial score (nSPS) is 14.7. The van der Waals surface area contributed by atoms with Crippen LogP contribution >= 0.6 is 0 Å². The average Bonchev–Trinajstić information content (AvgIpc) is 2.54. The summed E-state index contributed by atoms with van der Waals surface area (Å²) in [7, 11) is -1.29. The lowest BCUT2D eigenvalue weighted by molar-refractivity contribution is 0.107. The second-order valence-corrected chi connectivity index (χ2v) is 7.74. The molecule has 5 nitrogen and oxygen atoms in total. The molecule has 2 aromatic rings. The molecule has 2 unspecified atom stereocenters. The molecule has 0 amide bonds. The summed E-state index contributed by atoms with van der Waals surface area (Å²) in [5.74, 6) is 0. The van der Waals surface area contributed by atoms with Crippen molar-refractivity contribution in [2.75, 3.05) is 19.8 Å². The van der Waals surface area contributed by atoms with E-state index in [2.05, 4.69) is 4.98 Å². The summed E-state index contributed by atoms with van der Waals surface area (Å²) in [6.07, 6.45) is 2.22. The highest BCUT2D eigenvalue weighted by Gasteiger charge is 2.18. The van der Waals surface area contributed by atoms with Crippen molar-refractivity contribution in [1.29, 1.82) is 0 Å². The van der Waals surface area contributed by atoms with Crippen molar-refractivity contribution in [3.8, 4) is 0 Å². The molecule has 2 rings (SSSR count). The Bertz CT molecular complexity index is 730. The minimum absolute atomic E-state index is 0.0705. The number of sulfone groups is 1. The van der Waals surface area contributed by atoms with E-state index in [1.54, 1.807) is 18.3 Å². The van der Waals surface area contributed by atoms with Gasteiger partial charge in [0.2, 0.25) is 0 Å². The fourth-order valence-corrected chi connectivity index (χ4v) is 2.95. The van der Waals surface area contributed by atoms with Gasteiger partial charge in [0, 0.05) is 25.0 Å². The number of likely N-dealkylation sites (N-methyl/N-ethyl adjacent to an activating group) is 1. The van der Waals surface area contributed by atoms with Crippen LogP contribution in [0.5, 0.6) is 0 Å². The summed E-state index contributed by atoms with van der Waals surface area (Å²) < 4.78 is 22.9. The van der Waals surface area contributed by atoms with Crippen LogP contribution in [0.2, 0.25) is 0 Å². The molecule has 0 spiro atoms. The van der Waals surface area contributed by atoms with Crippen molar-refractivity contribution < 1.29 is 13.5 Å². The quantitative estimate of drug-likeness (QED) is 0.877. The average molecular weight is 334 g/mol. The number of rotatable bonds is 6. The zero-order valence-electron chi connectivity index (χ0n) is 13.5. The van der Waals surface area contributed by atoms with Crippen LogP contribution in [0, 0.1) is 0 Å². The number of aliphatic hydroxyl groups is 1. The Morgan fingerprint density at radius 1 is 1.17 bits per heavy atom. The van der Waals surface area contributed by atoms with Gasteiger partial charge < -0.3 is 5.11 Å². The molecule has 23 heavy (non-hydrogen) atoms. The first-order chi connectivity index (χ1) is 10.8. The molecule has 0 aliphatic heterocycles. The summed E-state index contributed by atoms with van der Waals surface area (Å²) in [5, 5.41) is 10.4. The SMILES string of the molecule is CC(c1ccccn1)N(C)CC(O)c1ccc(S(C)(=O)=O)cc1. The maximum Gasteiger partial charge on any atom is 0.175 e. The molecule has 124 valence electrons. The van der Waals surface area contributed by atoms with Crippen molar-refractivity contribution in [2.24, 2.45) is 0 Å². The van der Waals surface area contributed by atoms with Crippen LogP contribution < -0.4 is 0 Å². The van der Waals surface area contributed by atoms with E-state index in [1.165, 1.54) is 18.4 Å². The Balaban J connectivity index is 2.05. The van der Waals surface area contributed by atoms with Gasteiger partial charge in [0.25, 0.3) is 0 Å². The Labute approximate surface area is 137 Å². The summed E-state index contributed by atoms with van der Waals surface area (Å²) >= 11 is 0. The topological polar surface area (TPSA) is 70.5 Å². The summed E-state index contributed by atoms with van der Waals surface area (Å²) in [6, 6.07) is 12.2. The summed E-state index contributed by atoms with van der Waals surface area (Å²) in [4.78, 5) is 6.59. The summed E-state index contributed by atoms with van der Waals surface area (Å²) in [5.41, 5.74) is 1.63. The molecule has 0 fully saturated rings. The number of hydrogen-bond acceptors (Lipinski definition) is 5. The van der Waals surface area contributed by atoms with E-state index in [9.17, 15) is 13.5 Å². The Morgan fingerprint density at radius 3 is 2.35 bits per heavy atom. The first kappa shape index (κ1) is 17.6. The van der Waals surface area contributed by atoms with Crippen LogP contribution in [-0.4, -0.2) is 43.3 Å². The van der Waals surface area contributed by atoms with Crippen LogP contribution in [0.15, 0.2) is 53.6 Å². The van der Waals surface area contributed by atoms with Crippen molar-refractivity contribution in [3.05, 3.63) is 59.9 Å². The molecule has 0 bridgehead atoms. The van der Waals surface area contributed by atoms with Crippen LogP contribution in [0.3, 0.4) is 0 Å². The van der Waals surface area contributed by atoms with Crippen LogP contribution in [0.25, 0.3) is 0 Å². The minimum Gasteiger partial charge on any atom is -0.387 e. The van der Waals surface area contributed by atoms with E-state index in [0.717, 1.165) is 5.69 Å². The molecule has 1 heterocycles. The lowest BCUT2D eigenvalue weighted by atomic mass is 10.1. The molecule has 0 radical (unpaired) electrons. The Morgan fingerprint density at radius 2 is 1.83 bits per heavy atom. The standard InChI is InChI=1S/C17H22N2O3S/c1-13(16-6-4-5-11-18-16)19(2)12-17(20)14-7-9-15(10-8-14)23(3,21)22/h4-11,13,17,20H,12H2,1-3H3. The second kappa shape index (κ2) is 7.21. The smallest absolute Gasteiger partial charge is 0.175 e. The van der Waals surface area contributed by atoms with E-state index >= 15 is 0 Å². The molecule has 1 N–H and O–H groups in total. The Kier molecular flexibility index (Phi) is 5.51. The first-order valence-corrected chi connectivity index (χ1v) is 9.27. The van der Waals surface area contributed by atoms with E-state index in [1.807, 2.05) is 37.1 Å². The van der Waals surface area contributed by atoms with E-state index in [4.69, 9.17) is 0 Å². The molecule has 0 aliphatic carbocycles. The molecule has 1 aromatic carbocycles. The third-order valence-corrected chi connectivity index (χ3v) is 5.06. The number of benzene rings is 1. The van der Waals surface area contributed by atoms with Gasteiger partial charge in [-0.1, -0.05) is 18.2 Å². The Hall–Kier alpha value is -1.76. The van der Waals surface area contributed by atoms with E-state index < -0.39 is 15.9 Å². The molecule has 0 aliphatic rings. The molecule has 1 aromatic heterocycles. The fraction of sp³-hybridized carbons (Fsp3) is 0.353. The van der Waals surface area contributed by atoms with Gasteiger partial charge in [0.15, 0.2) is 9.84 Å². The van der Waals surface area contributed by atoms with E-state index in [0.29, 0.717) is 12.1 Å².